The second kappa shape index (κ2) is 10.2. The molecule has 3 N–H and O–H groups in total. The third kappa shape index (κ3) is 6.84. The first kappa shape index (κ1) is 19.4. The summed E-state index contributed by atoms with van der Waals surface area (Å²) in [6.45, 7) is 4.64. The highest BCUT2D eigenvalue weighted by molar-refractivity contribution is 5.83. The van der Waals surface area contributed by atoms with E-state index in [0.29, 0.717) is 12.1 Å². The minimum absolute atomic E-state index is 0.0925. The number of benzene rings is 1. The van der Waals surface area contributed by atoms with Gasteiger partial charge in [-0.3, -0.25) is 20.4 Å². The van der Waals surface area contributed by atoms with Crippen LogP contribution >= 0.6 is 0 Å². The number of carbonyl (C=O) groups is 2. The largest absolute Gasteiger partial charge is 0.388 e. The van der Waals surface area contributed by atoms with E-state index in [9.17, 15) is 14.7 Å². The summed E-state index contributed by atoms with van der Waals surface area (Å²) in [5.74, 6) is -0.809. The van der Waals surface area contributed by atoms with E-state index in [4.69, 9.17) is 0 Å². The minimum atomic E-state index is -0.882. The Morgan fingerprint density at radius 1 is 1.08 bits per heavy atom. The van der Waals surface area contributed by atoms with Crippen molar-refractivity contribution in [1.82, 2.24) is 15.8 Å². The van der Waals surface area contributed by atoms with Crippen molar-refractivity contribution in [3.05, 3.63) is 35.9 Å². The van der Waals surface area contributed by atoms with Gasteiger partial charge in [-0.2, -0.15) is 0 Å². The van der Waals surface area contributed by atoms with Gasteiger partial charge >= 0.3 is 0 Å². The molecule has 0 aliphatic carbocycles. The fourth-order valence-corrected chi connectivity index (χ4v) is 3.06. The second-order valence-corrected chi connectivity index (χ2v) is 6.78. The zero-order valence-electron chi connectivity index (χ0n) is 14.9. The van der Waals surface area contributed by atoms with Crippen molar-refractivity contribution >= 4 is 11.8 Å². The first-order valence-electron chi connectivity index (χ1n) is 9.10. The summed E-state index contributed by atoms with van der Waals surface area (Å²) in [6.07, 6.45) is 3.91. The van der Waals surface area contributed by atoms with Crippen molar-refractivity contribution in [2.75, 3.05) is 19.6 Å². The summed E-state index contributed by atoms with van der Waals surface area (Å²) in [7, 11) is 0. The van der Waals surface area contributed by atoms with E-state index in [2.05, 4.69) is 15.8 Å². The van der Waals surface area contributed by atoms with Crippen molar-refractivity contribution in [2.45, 2.75) is 45.1 Å². The highest BCUT2D eigenvalue weighted by atomic mass is 16.3. The third-order valence-corrected chi connectivity index (χ3v) is 4.57. The van der Waals surface area contributed by atoms with Gasteiger partial charge in [0, 0.05) is 12.5 Å². The Balaban J connectivity index is 1.70. The zero-order valence-corrected chi connectivity index (χ0v) is 14.9. The highest BCUT2D eigenvalue weighted by Crippen LogP contribution is 2.15. The number of hydrazine groups is 1. The van der Waals surface area contributed by atoms with Gasteiger partial charge in [0.15, 0.2) is 0 Å². The molecule has 0 spiro atoms. The molecule has 1 aliphatic heterocycles. The summed E-state index contributed by atoms with van der Waals surface area (Å²) in [4.78, 5) is 26.4. The van der Waals surface area contributed by atoms with Gasteiger partial charge in [0.2, 0.25) is 11.8 Å². The van der Waals surface area contributed by atoms with Crippen molar-refractivity contribution in [1.29, 1.82) is 0 Å². The Bertz CT molecular complexity index is 542. The van der Waals surface area contributed by atoms with Gasteiger partial charge in [0.1, 0.15) is 0 Å². The van der Waals surface area contributed by atoms with Crippen LogP contribution in [0.15, 0.2) is 30.3 Å². The van der Waals surface area contributed by atoms with Gasteiger partial charge in [-0.05, 0) is 31.5 Å². The molecule has 1 aliphatic rings. The smallest absolute Gasteiger partial charge is 0.242 e. The predicted octanol–water partition coefficient (Wildman–Crippen LogP) is 1.77. The van der Waals surface area contributed by atoms with Gasteiger partial charge in [0.25, 0.3) is 0 Å². The lowest BCUT2D eigenvalue weighted by Crippen LogP contribution is -2.46. The summed E-state index contributed by atoms with van der Waals surface area (Å²) in [5, 5.41) is 10.0. The molecule has 2 amide bonds. The normalized spacial score (nSPS) is 18.0. The molecule has 0 bridgehead atoms. The Hall–Kier alpha value is -1.92. The first-order chi connectivity index (χ1) is 12.1. The molecule has 0 radical (unpaired) electrons. The number of rotatable bonds is 6. The number of hydrogen-bond acceptors (Lipinski definition) is 4. The first-order valence-corrected chi connectivity index (χ1v) is 9.10. The average Bonchev–Trinajstić information content (AvgIpc) is 2.89. The van der Waals surface area contributed by atoms with Gasteiger partial charge in [0.05, 0.1) is 12.5 Å². The van der Waals surface area contributed by atoms with E-state index >= 15 is 0 Å². The Morgan fingerprint density at radius 3 is 2.36 bits per heavy atom. The molecule has 6 heteroatoms. The number of aliphatic hydroxyl groups excluding tert-OH is 1. The fraction of sp³-hybridized carbons (Fsp3) is 0.579. The molecular weight excluding hydrogens is 318 g/mol. The van der Waals surface area contributed by atoms with Crippen LogP contribution in [0.3, 0.4) is 0 Å². The highest BCUT2D eigenvalue weighted by Gasteiger charge is 2.19. The number of hydrogen-bond donors (Lipinski definition) is 3. The van der Waals surface area contributed by atoms with E-state index in [1.165, 1.54) is 25.7 Å². The molecule has 2 rings (SSSR count). The van der Waals surface area contributed by atoms with Crippen LogP contribution in [0, 0.1) is 5.92 Å². The Labute approximate surface area is 149 Å². The van der Waals surface area contributed by atoms with Crippen LogP contribution in [0.1, 0.15) is 50.7 Å². The topological polar surface area (TPSA) is 81.7 Å². The Morgan fingerprint density at radius 2 is 1.72 bits per heavy atom. The summed E-state index contributed by atoms with van der Waals surface area (Å²) >= 11 is 0. The van der Waals surface area contributed by atoms with Crippen molar-refractivity contribution in [3.8, 4) is 0 Å². The SMILES string of the molecule is CC(CN1CCCCCC1)C(=O)NNC(=O)C[C@@H](O)c1ccccc1. The molecule has 6 nitrogen and oxygen atoms in total. The maximum absolute atomic E-state index is 12.1. The predicted molar refractivity (Wildman–Crippen MR) is 96.4 cm³/mol. The molecule has 1 saturated heterocycles. The third-order valence-electron chi connectivity index (χ3n) is 4.57. The van der Waals surface area contributed by atoms with Crippen LogP contribution in [0.25, 0.3) is 0 Å². The molecule has 25 heavy (non-hydrogen) atoms. The van der Waals surface area contributed by atoms with E-state index < -0.39 is 12.0 Å². The molecule has 1 fully saturated rings. The number of aliphatic hydroxyl groups is 1. The van der Waals surface area contributed by atoms with Crippen LogP contribution in [0.2, 0.25) is 0 Å². The zero-order chi connectivity index (χ0) is 18.1. The molecule has 1 aromatic rings. The summed E-state index contributed by atoms with van der Waals surface area (Å²) in [6, 6.07) is 8.99. The summed E-state index contributed by atoms with van der Waals surface area (Å²) < 4.78 is 0. The van der Waals surface area contributed by atoms with Crippen LogP contribution < -0.4 is 10.9 Å². The lowest BCUT2D eigenvalue weighted by Gasteiger charge is -2.23. The molecule has 2 atom stereocenters. The molecular formula is C19H29N3O3. The standard InChI is InChI=1S/C19H29N3O3/c1-15(14-22-11-7-2-3-8-12-22)19(25)21-20-18(24)13-17(23)16-9-5-4-6-10-16/h4-6,9-10,15,17,23H,2-3,7-8,11-14H2,1H3,(H,20,24)(H,21,25)/t15?,17-/m1/s1. The lowest BCUT2D eigenvalue weighted by molar-refractivity contribution is -0.132. The van der Waals surface area contributed by atoms with E-state index in [0.717, 1.165) is 13.1 Å². The average molecular weight is 347 g/mol. The maximum Gasteiger partial charge on any atom is 0.242 e. The van der Waals surface area contributed by atoms with Crippen LogP contribution in [0.4, 0.5) is 0 Å². The van der Waals surface area contributed by atoms with Crippen molar-refractivity contribution in [3.63, 3.8) is 0 Å². The van der Waals surface area contributed by atoms with Crippen LogP contribution in [-0.4, -0.2) is 41.5 Å². The van der Waals surface area contributed by atoms with Gasteiger partial charge in [-0.25, -0.2) is 0 Å². The molecule has 1 heterocycles. The number of likely N-dealkylation sites (tertiary alicyclic amines) is 1. The van der Waals surface area contributed by atoms with Crippen LogP contribution in [0.5, 0.6) is 0 Å². The van der Waals surface area contributed by atoms with Gasteiger partial charge in [-0.15, -0.1) is 0 Å². The number of nitrogens with one attached hydrogen (secondary N) is 2. The molecule has 1 unspecified atom stereocenters. The van der Waals surface area contributed by atoms with Crippen molar-refractivity contribution in [2.24, 2.45) is 5.92 Å². The molecule has 138 valence electrons. The van der Waals surface area contributed by atoms with E-state index in [1.807, 2.05) is 25.1 Å². The van der Waals surface area contributed by atoms with Crippen LogP contribution in [-0.2, 0) is 9.59 Å². The van der Waals surface area contributed by atoms with Gasteiger partial charge < -0.3 is 10.0 Å². The fourth-order valence-electron chi connectivity index (χ4n) is 3.06. The summed E-state index contributed by atoms with van der Waals surface area (Å²) in [5.41, 5.74) is 5.54. The van der Waals surface area contributed by atoms with Crippen molar-refractivity contribution < 1.29 is 14.7 Å². The minimum Gasteiger partial charge on any atom is -0.388 e. The van der Waals surface area contributed by atoms with Gasteiger partial charge in [-0.1, -0.05) is 50.1 Å². The van der Waals surface area contributed by atoms with E-state index in [1.54, 1.807) is 12.1 Å². The number of nitrogens with zero attached hydrogens (tertiary/aromatic N) is 1. The van der Waals surface area contributed by atoms with E-state index in [-0.39, 0.29) is 18.2 Å². The monoisotopic (exact) mass is 347 g/mol. The molecule has 0 saturated carbocycles. The quantitative estimate of drug-likeness (QED) is 0.685. The second-order valence-electron chi connectivity index (χ2n) is 6.78. The number of carbonyl (C=O) groups excluding carboxylic acids is 2. The maximum atomic E-state index is 12.1. The molecule has 0 aromatic heterocycles. The number of amides is 2. The molecule has 1 aromatic carbocycles. The lowest BCUT2D eigenvalue weighted by atomic mass is 10.1. The Kier molecular flexibility index (Phi) is 7.88.